The fourth-order valence-electron chi connectivity index (χ4n) is 6.37. The predicted octanol–water partition coefficient (Wildman–Crippen LogP) is 7.11. The first-order valence-corrected chi connectivity index (χ1v) is 18.1. The molecule has 11 heteroatoms. The maximum atomic E-state index is 14.3. The van der Waals surface area contributed by atoms with Gasteiger partial charge in [0.05, 0.1) is 12.1 Å². The molecule has 0 aromatic heterocycles. The second-order valence-corrected chi connectivity index (χ2v) is 16.8. The van der Waals surface area contributed by atoms with Crippen LogP contribution in [0, 0.1) is 11.6 Å². The summed E-state index contributed by atoms with van der Waals surface area (Å²) in [6.07, 6.45) is 2.31. The number of rotatable bonds is 13. The number of nitrogens with one attached hydrogen (secondary N) is 3. The maximum Gasteiger partial charge on any atom is 0.408 e. The molecule has 3 atom stereocenters. The smallest absolute Gasteiger partial charge is 0.408 e. The first kappa shape index (κ1) is 41.8. The molecule has 4 N–H and O–H groups in total. The number of aliphatic hydroxyl groups is 1. The second-order valence-electron chi connectivity index (χ2n) is 16.8. The van der Waals surface area contributed by atoms with Crippen molar-refractivity contribution >= 4 is 18.0 Å². The number of halogens is 2. The van der Waals surface area contributed by atoms with E-state index < -0.39 is 64.5 Å². The van der Waals surface area contributed by atoms with Crippen molar-refractivity contribution in [1.29, 1.82) is 0 Å². The minimum Gasteiger partial charge on any atom is -0.460 e. The number of aliphatic hydroxyl groups excluding tert-OH is 1. The largest absolute Gasteiger partial charge is 0.460 e. The number of ether oxygens (including phenoxy) is 2. The zero-order valence-corrected chi connectivity index (χ0v) is 31.9. The van der Waals surface area contributed by atoms with Crippen LogP contribution >= 0.6 is 0 Å². The lowest BCUT2D eigenvalue weighted by Gasteiger charge is -2.41. The standard InChI is InChI=1S/C40H59F2N3O6/c1-37(2,3)27-14-13-15-28(23-27)40(18-11-10-12-19-40)43-25-33(46)32(22-26-20-29(41)24-30(42)21-26)44-35(48)31(45-36(49)51-39(7,8)9)16-17-34(47)50-38(4,5)6/h13-15,20-21,23-24,31-33,43,46H,10-12,16-19,22,25H2,1-9H3,(H,44,48)(H,45,49)/t31?,32?,33-/m0/s1. The molecule has 1 saturated carbocycles. The predicted molar refractivity (Wildman–Crippen MR) is 194 cm³/mol. The van der Waals surface area contributed by atoms with Crippen LogP contribution < -0.4 is 16.0 Å². The van der Waals surface area contributed by atoms with E-state index in [1.165, 1.54) is 5.56 Å². The number of carbonyl (C=O) groups excluding carboxylic acids is 3. The minimum absolute atomic E-state index is 0.0601. The van der Waals surface area contributed by atoms with Gasteiger partial charge in [-0.25, -0.2) is 13.6 Å². The van der Waals surface area contributed by atoms with Crippen LogP contribution in [0.1, 0.15) is 124 Å². The molecule has 284 valence electrons. The molecule has 2 aromatic carbocycles. The summed E-state index contributed by atoms with van der Waals surface area (Å²) in [7, 11) is 0. The van der Waals surface area contributed by atoms with Gasteiger partial charge in [-0.1, -0.05) is 64.3 Å². The zero-order valence-electron chi connectivity index (χ0n) is 31.9. The molecular formula is C40H59F2N3O6. The summed E-state index contributed by atoms with van der Waals surface area (Å²) in [5.74, 6) is -2.83. The fourth-order valence-corrected chi connectivity index (χ4v) is 6.37. The van der Waals surface area contributed by atoms with Gasteiger partial charge >= 0.3 is 12.1 Å². The van der Waals surface area contributed by atoms with Crippen LogP contribution in [0.4, 0.5) is 13.6 Å². The second kappa shape index (κ2) is 17.3. The van der Waals surface area contributed by atoms with Crippen molar-refractivity contribution in [3.05, 3.63) is 70.8 Å². The van der Waals surface area contributed by atoms with E-state index in [0.29, 0.717) is 0 Å². The van der Waals surface area contributed by atoms with E-state index in [4.69, 9.17) is 9.47 Å². The Morgan fingerprint density at radius 3 is 2.02 bits per heavy atom. The van der Waals surface area contributed by atoms with E-state index in [0.717, 1.165) is 55.9 Å². The molecule has 2 aromatic rings. The van der Waals surface area contributed by atoms with Gasteiger partial charge in [-0.2, -0.15) is 0 Å². The first-order valence-electron chi connectivity index (χ1n) is 18.1. The monoisotopic (exact) mass is 715 g/mol. The van der Waals surface area contributed by atoms with Crippen molar-refractivity contribution in [2.24, 2.45) is 0 Å². The van der Waals surface area contributed by atoms with Crippen molar-refractivity contribution in [1.82, 2.24) is 16.0 Å². The topological polar surface area (TPSA) is 126 Å². The maximum absolute atomic E-state index is 14.3. The number of esters is 1. The Morgan fingerprint density at radius 1 is 0.843 bits per heavy atom. The van der Waals surface area contributed by atoms with Crippen molar-refractivity contribution < 1.29 is 37.7 Å². The summed E-state index contributed by atoms with van der Waals surface area (Å²) < 4.78 is 39.3. The van der Waals surface area contributed by atoms with Gasteiger partial charge < -0.3 is 30.5 Å². The summed E-state index contributed by atoms with van der Waals surface area (Å²) in [4.78, 5) is 39.3. The Balaban J connectivity index is 1.90. The molecule has 0 saturated heterocycles. The first-order chi connectivity index (χ1) is 23.5. The quantitative estimate of drug-likeness (QED) is 0.163. The van der Waals surface area contributed by atoms with Crippen LogP contribution in [-0.2, 0) is 36.4 Å². The summed E-state index contributed by atoms with van der Waals surface area (Å²) in [5.41, 5.74) is 0.456. The molecular weight excluding hydrogens is 656 g/mol. The fraction of sp³-hybridized carbons (Fsp3) is 0.625. The molecule has 0 spiro atoms. The van der Waals surface area contributed by atoms with Gasteiger partial charge in [0, 0.05) is 24.6 Å². The summed E-state index contributed by atoms with van der Waals surface area (Å²) >= 11 is 0. The van der Waals surface area contributed by atoms with Crippen LogP contribution in [0.25, 0.3) is 0 Å². The number of carbonyl (C=O) groups is 3. The number of amides is 2. The Kier molecular flexibility index (Phi) is 14.2. The molecule has 2 unspecified atom stereocenters. The molecule has 9 nitrogen and oxygen atoms in total. The molecule has 0 aliphatic heterocycles. The van der Waals surface area contributed by atoms with Gasteiger partial charge in [0.2, 0.25) is 5.91 Å². The van der Waals surface area contributed by atoms with Gasteiger partial charge in [0.15, 0.2) is 0 Å². The average molecular weight is 716 g/mol. The van der Waals surface area contributed by atoms with E-state index in [1.807, 2.05) is 0 Å². The third kappa shape index (κ3) is 13.8. The molecule has 1 aliphatic rings. The summed E-state index contributed by atoms with van der Waals surface area (Å²) in [5, 5.41) is 20.8. The molecule has 3 rings (SSSR count). The van der Waals surface area contributed by atoms with Gasteiger partial charge in [-0.3, -0.25) is 9.59 Å². The van der Waals surface area contributed by atoms with Crippen molar-refractivity contribution in [3.8, 4) is 0 Å². The molecule has 1 aliphatic carbocycles. The molecule has 0 heterocycles. The zero-order chi connectivity index (χ0) is 38.2. The molecule has 0 radical (unpaired) electrons. The lowest BCUT2D eigenvalue weighted by Crippen LogP contribution is -2.57. The third-order valence-corrected chi connectivity index (χ3v) is 8.87. The molecule has 0 bridgehead atoms. The highest BCUT2D eigenvalue weighted by atomic mass is 19.1. The lowest BCUT2D eigenvalue weighted by molar-refractivity contribution is -0.155. The number of hydrogen-bond acceptors (Lipinski definition) is 7. The number of benzene rings is 2. The minimum atomic E-state index is -1.25. The van der Waals surface area contributed by atoms with Crippen LogP contribution in [0.5, 0.6) is 0 Å². The highest BCUT2D eigenvalue weighted by molar-refractivity contribution is 5.86. The van der Waals surface area contributed by atoms with Gasteiger partial charge in [-0.05, 0) is 101 Å². The Bertz CT molecular complexity index is 1470. The van der Waals surface area contributed by atoms with E-state index >= 15 is 0 Å². The van der Waals surface area contributed by atoms with Crippen molar-refractivity contribution in [3.63, 3.8) is 0 Å². The van der Waals surface area contributed by atoms with E-state index in [-0.39, 0.29) is 36.8 Å². The summed E-state index contributed by atoms with van der Waals surface area (Å²) in [6.45, 7) is 16.8. The number of hydrogen-bond donors (Lipinski definition) is 4. The Morgan fingerprint density at radius 2 is 1.45 bits per heavy atom. The SMILES string of the molecule is CC(C)(C)OC(=O)CCC(NC(=O)OC(C)(C)C)C(=O)NC(Cc1cc(F)cc(F)c1)[C@@H](O)CNC1(c2cccc(C(C)(C)C)c2)CCCCC1. The third-order valence-electron chi connectivity index (χ3n) is 8.87. The van der Waals surface area contributed by atoms with Crippen LogP contribution in [-0.4, -0.2) is 59.0 Å². The Hall–Kier alpha value is -3.57. The molecule has 51 heavy (non-hydrogen) atoms. The number of alkyl carbamates (subject to hydrolysis) is 1. The highest BCUT2D eigenvalue weighted by Crippen LogP contribution is 2.38. The Labute approximate surface area is 302 Å². The molecule has 1 fully saturated rings. The average Bonchev–Trinajstić information content (AvgIpc) is 2.99. The van der Waals surface area contributed by atoms with Crippen LogP contribution in [0.2, 0.25) is 0 Å². The summed E-state index contributed by atoms with van der Waals surface area (Å²) in [6, 6.07) is 9.28. The van der Waals surface area contributed by atoms with Crippen LogP contribution in [0.3, 0.4) is 0 Å². The van der Waals surface area contributed by atoms with Crippen molar-refractivity contribution in [2.75, 3.05) is 6.54 Å². The van der Waals surface area contributed by atoms with Crippen molar-refractivity contribution in [2.45, 2.75) is 154 Å². The molecule has 2 amide bonds. The van der Waals surface area contributed by atoms with E-state index in [2.05, 4.69) is 61.0 Å². The van der Waals surface area contributed by atoms with E-state index in [9.17, 15) is 28.3 Å². The van der Waals surface area contributed by atoms with E-state index in [1.54, 1.807) is 41.5 Å². The van der Waals surface area contributed by atoms with Gasteiger partial charge in [0.1, 0.15) is 28.9 Å². The normalized spacial score (nSPS) is 16.8. The van der Waals surface area contributed by atoms with Gasteiger partial charge in [-0.15, -0.1) is 0 Å². The van der Waals surface area contributed by atoms with Gasteiger partial charge in [0.25, 0.3) is 0 Å². The van der Waals surface area contributed by atoms with Crippen LogP contribution in [0.15, 0.2) is 42.5 Å². The lowest BCUT2D eigenvalue weighted by atomic mass is 9.74. The highest BCUT2D eigenvalue weighted by Gasteiger charge is 2.36.